The van der Waals surface area contributed by atoms with Crippen LogP contribution in [0.3, 0.4) is 0 Å². The topological polar surface area (TPSA) is 140 Å². The Balaban J connectivity index is 1.78. The number of rotatable bonds is 11. The number of hydrogen-bond donors (Lipinski definition) is 1. The zero-order valence-corrected chi connectivity index (χ0v) is 23.2. The molecule has 4 rings (SSSR count). The van der Waals surface area contributed by atoms with Gasteiger partial charge in [0, 0.05) is 19.0 Å². The van der Waals surface area contributed by atoms with E-state index in [-0.39, 0.29) is 24.0 Å². The van der Waals surface area contributed by atoms with Crippen LogP contribution in [0.1, 0.15) is 63.0 Å². The van der Waals surface area contributed by atoms with E-state index < -0.39 is 21.4 Å². The fourth-order valence-electron chi connectivity index (χ4n) is 4.23. The van der Waals surface area contributed by atoms with E-state index in [0.29, 0.717) is 36.0 Å². The second-order valence-electron chi connectivity index (χ2n) is 9.31. The summed E-state index contributed by atoms with van der Waals surface area (Å²) in [6, 6.07) is 5.27. The lowest BCUT2D eigenvalue weighted by molar-refractivity contribution is 0.00152. The number of ether oxygens (including phenoxy) is 4. The highest BCUT2D eigenvalue weighted by Crippen LogP contribution is 2.39. The van der Waals surface area contributed by atoms with Crippen molar-refractivity contribution in [2.75, 3.05) is 25.5 Å². The zero-order chi connectivity index (χ0) is 27.4. The normalized spacial score (nSPS) is 17.4. The quantitative estimate of drug-likeness (QED) is 0.380. The number of methoxy groups -OCH3 is 2. The van der Waals surface area contributed by atoms with Crippen LogP contribution in [-0.4, -0.2) is 65.3 Å². The molecule has 1 aliphatic rings. The van der Waals surface area contributed by atoms with Gasteiger partial charge in [0.25, 0.3) is 0 Å². The molecule has 3 atom stereocenters. The minimum atomic E-state index is -4.10. The first-order chi connectivity index (χ1) is 18.2. The van der Waals surface area contributed by atoms with Gasteiger partial charge in [0.15, 0.2) is 11.6 Å². The van der Waals surface area contributed by atoms with Crippen molar-refractivity contribution in [2.24, 2.45) is 0 Å². The van der Waals surface area contributed by atoms with E-state index in [9.17, 15) is 8.42 Å². The van der Waals surface area contributed by atoms with Crippen molar-refractivity contribution in [3.05, 3.63) is 47.8 Å². The molecule has 3 aromatic rings. The minimum Gasteiger partial charge on any atom is -0.494 e. The van der Waals surface area contributed by atoms with Gasteiger partial charge in [0.05, 0.1) is 20.3 Å². The number of sulfonamides is 1. The van der Waals surface area contributed by atoms with Crippen molar-refractivity contribution >= 4 is 16.0 Å². The van der Waals surface area contributed by atoms with Gasteiger partial charge in [0.2, 0.25) is 16.0 Å². The molecule has 1 saturated heterocycles. The molecular formula is C25H34N6O6S. The number of benzene rings is 1. The fourth-order valence-corrected chi connectivity index (χ4v) is 5.32. The Morgan fingerprint density at radius 3 is 2.29 bits per heavy atom. The molecule has 1 unspecified atom stereocenters. The van der Waals surface area contributed by atoms with Gasteiger partial charge in [-0.05, 0) is 58.2 Å². The van der Waals surface area contributed by atoms with E-state index in [1.54, 1.807) is 42.1 Å². The molecule has 1 aliphatic heterocycles. The monoisotopic (exact) mass is 546 g/mol. The van der Waals surface area contributed by atoms with E-state index >= 15 is 0 Å². The third kappa shape index (κ3) is 5.74. The lowest BCUT2D eigenvalue weighted by Gasteiger charge is -2.25. The van der Waals surface area contributed by atoms with Gasteiger partial charge < -0.3 is 18.9 Å². The Labute approximate surface area is 222 Å². The zero-order valence-electron chi connectivity index (χ0n) is 22.4. The first-order valence-electron chi connectivity index (χ1n) is 12.4. The molecule has 1 aromatic carbocycles. The van der Waals surface area contributed by atoms with E-state index in [2.05, 4.69) is 24.9 Å². The van der Waals surface area contributed by atoms with Gasteiger partial charge in [0.1, 0.15) is 34.6 Å². The molecule has 0 amide bonds. The van der Waals surface area contributed by atoms with Crippen molar-refractivity contribution < 1.29 is 27.4 Å². The minimum absolute atomic E-state index is 0.0294. The van der Waals surface area contributed by atoms with Gasteiger partial charge >= 0.3 is 0 Å². The molecule has 38 heavy (non-hydrogen) atoms. The number of nitrogens with one attached hydrogen (secondary N) is 1. The molecule has 0 spiro atoms. The Bertz CT molecular complexity index is 1320. The molecule has 0 aliphatic carbocycles. The molecule has 1 N–H and O–H groups in total. The van der Waals surface area contributed by atoms with Crippen molar-refractivity contribution in [2.45, 2.75) is 64.1 Å². The molecule has 0 bridgehead atoms. The van der Waals surface area contributed by atoms with Gasteiger partial charge in [-0.1, -0.05) is 6.07 Å². The highest BCUT2D eigenvalue weighted by molar-refractivity contribution is 7.93. The summed E-state index contributed by atoms with van der Waals surface area (Å²) < 4.78 is 54.8. The van der Waals surface area contributed by atoms with E-state index in [4.69, 9.17) is 18.9 Å². The summed E-state index contributed by atoms with van der Waals surface area (Å²) in [5.41, 5.74) is 1.31. The van der Waals surface area contributed by atoms with Crippen LogP contribution in [0.25, 0.3) is 5.69 Å². The number of aryl methyl sites for hydroxylation is 1. The Hall–Kier alpha value is -3.29. The fraction of sp³-hybridized carbons (Fsp3) is 0.520. The van der Waals surface area contributed by atoms with Crippen molar-refractivity contribution in [1.29, 1.82) is 0 Å². The van der Waals surface area contributed by atoms with Gasteiger partial charge in [-0.25, -0.2) is 18.4 Å². The molecular weight excluding hydrogens is 512 g/mol. The summed E-state index contributed by atoms with van der Waals surface area (Å²) in [6.07, 6.45) is 3.26. The molecule has 2 aromatic heterocycles. The highest BCUT2D eigenvalue weighted by Gasteiger charge is 2.37. The summed E-state index contributed by atoms with van der Waals surface area (Å²) in [7, 11) is -1.05. The number of nitrogens with zero attached hydrogens (tertiary/aromatic N) is 5. The maximum Gasteiger partial charge on any atom is 0.243 e. The second-order valence-corrected chi connectivity index (χ2v) is 11.3. The number of para-hydroxylation sites is 1. The lowest BCUT2D eigenvalue weighted by atomic mass is 10.2. The standard InChI is InChI=1S/C25H34N6O6S/c1-15(2)37-22(23-26-13-16(3)14-27-23)17(4)38(32,33)30-25-29-28-24(20-11-8-12-36-20)31(25)21-18(34-5)9-7-10-19(21)35-6/h7,9-10,13-15,17,20,22H,8,11-12H2,1-6H3,(H,29,30)/t17-,20?,22+/m0/s1. The molecule has 0 radical (unpaired) electrons. The number of aromatic nitrogens is 5. The van der Waals surface area contributed by atoms with E-state index in [0.717, 1.165) is 12.0 Å². The van der Waals surface area contributed by atoms with E-state index in [1.807, 2.05) is 20.8 Å². The molecule has 3 heterocycles. The second kappa shape index (κ2) is 11.6. The highest BCUT2D eigenvalue weighted by atomic mass is 32.2. The third-order valence-corrected chi connectivity index (χ3v) is 7.85. The first kappa shape index (κ1) is 27.7. The number of hydrogen-bond acceptors (Lipinski definition) is 10. The summed E-state index contributed by atoms with van der Waals surface area (Å²) in [4.78, 5) is 8.66. The summed E-state index contributed by atoms with van der Waals surface area (Å²) in [5.74, 6) is 1.58. The summed E-state index contributed by atoms with van der Waals surface area (Å²) in [5, 5.41) is 7.46. The van der Waals surface area contributed by atoms with Crippen molar-refractivity contribution in [3.8, 4) is 17.2 Å². The molecule has 0 saturated carbocycles. The van der Waals surface area contributed by atoms with Crippen LogP contribution in [0.2, 0.25) is 0 Å². The maximum absolute atomic E-state index is 13.8. The van der Waals surface area contributed by atoms with E-state index in [1.165, 1.54) is 14.2 Å². The average molecular weight is 547 g/mol. The van der Waals surface area contributed by atoms with Gasteiger partial charge in [-0.2, -0.15) is 0 Å². The maximum atomic E-state index is 13.8. The van der Waals surface area contributed by atoms with Crippen LogP contribution in [0, 0.1) is 6.92 Å². The number of anilines is 1. The summed E-state index contributed by atoms with van der Waals surface area (Å²) >= 11 is 0. The summed E-state index contributed by atoms with van der Waals surface area (Å²) in [6.45, 7) is 7.63. The van der Waals surface area contributed by atoms with Crippen molar-refractivity contribution in [3.63, 3.8) is 0 Å². The Kier molecular flexibility index (Phi) is 8.48. The lowest BCUT2D eigenvalue weighted by Crippen LogP contribution is -2.35. The Morgan fingerprint density at radius 1 is 1.08 bits per heavy atom. The van der Waals surface area contributed by atoms with Crippen LogP contribution < -0.4 is 14.2 Å². The van der Waals surface area contributed by atoms with Crippen LogP contribution in [0.4, 0.5) is 5.95 Å². The molecule has 12 nitrogen and oxygen atoms in total. The average Bonchev–Trinajstić information content (AvgIpc) is 3.56. The first-order valence-corrected chi connectivity index (χ1v) is 13.9. The predicted molar refractivity (Wildman–Crippen MR) is 140 cm³/mol. The van der Waals surface area contributed by atoms with Crippen molar-refractivity contribution in [1.82, 2.24) is 24.7 Å². The molecule has 206 valence electrons. The molecule has 13 heteroatoms. The van der Waals surface area contributed by atoms with Crippen LogP contribution in [0.15, 0.2) is 30.6 Å². The molecule has 1 fully saturated rings. The van der Waals surface area contributed by atoms with Crippen LogP contribution in [-0.2, 0) is 19.5 Å². The Morgan fingerprint density at radius 2 is 1.74 bits per heavy atom. The van der Waals surface area contributed by atoms with Gasteiger partial charge in [-0.15, -0.1) is 10.2 Å². The smallest absolute Gasteiger partial charge is 0.243 e. The van der Waals surface area contributed by atoms with Crippen LogP contribution in [0.5, 0.6) is 11.5 Å². The van der Waals surface area contributed by atoms with Crippen LogP contribution >= 0.6 is 0 Å². The van der Waals surface area contributed by atoms with Gasteiger partial charge in [-0.3, -0.25) is 9.29 Å². The largest absolute Gasteiger partial charge is 0.494 e. The predicted octanol–water partition coefficient (Wildman–Crippen LogP) is 3.53. The SMILES string of the molecule is COc1cccc(OC)c1-n1c(NS(=O)(=O)[C@@H](C)[C@@H](OC(C)C)c2ncc(C)cn2)nnc1C1CCCO1. The third-order valence-electron chi connectivity index (χ3n) is 6.15.